The summed E-state index contributed by atoms with van der Waals surface area (Å²) in [6, 6.07) is 9.41. The molecule has 0 heterocycles. The molecule has 1 saturated carbocycles. The first-order chi connectivity index (χ1) is 7.24. The zero-order valence-electron chi connectivity index (χ0n) is 8.59. The van der Waals surface area contributed by atoms with E-state index in [4.69, 9.17) is 0 Å². The van der Waals surface area contributed by atoms with Crippen molar-refractivity contribution < 1.29 is 14.6 Å². The molecule has 1 fully saturated rings. The third kappa shape index (κ3) is 2.02. The molecule has 0 aliphatic heterocycles. The normalized spacial score (nSPS) is 25.7. The van der Waals surface area contributed by atoms with Crippen LogP contribution in [-0.4, -0.2) is 18.2 Å². The number of hydrogen-bond acceptors (Lipinski definition) is 3. The van der Waals surface area contributed by atoms with Gasteiger partial charge >= 0.3 is 5.97 Å². The molecule has 3 nitrogen and oxygen atoms in total. The van der Waals surface area contributed by atoms with Gasteiger partial charge in [0.05, 0.1) is 19.1 Å². The summed E-state index contributed by atoms with van der Waals surface area (Å²) in [5, 5.41) is 9.97. The van der Waals surface area contributed by atoms with Crippen LogP contribution in [0.25, 0.3) is 0 Å². The molecule has 0 aromatic heterocycles. The lowest BCUT2D eigenvalue weighted by atomic mass is 10.0. The van der Waals surface area contributed by atoms with Crippen LogP contribution in [0.3, 0.4) is 0 Å². The monoisotopic (exact) mass is 206 g/mol. The van der Waals surface area contributed by atoms with Crippen molar-refractivity contribution in [1.29, 1.82) is 0 Å². The van der Waals surface area contributed by atoms with E-state index in [1.54, 1.807) is 0 Å². The van der Waals surface area contributed by atoms with Gasteiger partial charge in [-0.15, -0.1) is 0 Å². The first-order valence-corrected chi connectivity index (χ1v) is 5.05. The lowest BCUT2D eigenvalue weighted by Gasteiger charge is -2.09. The number of ether oxygens (including phenoxy) is 1. The molecule has 0 spiro atoms. The number of hydrogen-bond donors (Lipinski definition) is 1. The number of esters is 1. The van der Waals surface area contributed by atoms with E-state index in [-0.39, 0.29) is 17.8 Å². The summed E-state index contributed by atoms with van der Waals surface area (Å²) in [7, 11) is 1.38. The average molecular weight is 206 g/mol. The van der Waals surface area contributed by atoms with Gasteiger partial charge in [-0.1, -0.05) is 30.3 Å². The molecule has 3 unspecified atom stereocenters. The Morgan fingerprint density at radius 2 is 2.13 bits per heavy atom. The smallest absolute Gasteiger partial charge is 0.309 e. The van der Waals surface area contributed by atoms with E-state index in [0.29, 0.717) is 0 Å². The predicted molar refractivity (Wildman–Crippen MR) is 55.0 cm³/mol. The van der Waals surface area contributed by atoms with Crippen LogP contribution in [-0.2, 0) is 9.53 Å². The van der Waals surface area contributed by atoms with Crippen LogP contribution in [0, 0.1) is 11.8 Å². The van der Waals surface area contributed by atoms with Gasteiger partial charge in [0.25, 0.3) is 0 Å². The van der Waals surface area contributed by atoms with Gasteiger partial charge in [0, 0.05) is 5.92 Å². The summed E-state index contributed by atoms with van der Waals surface area (Å²) in [6.45, 7) is 0. The van der Waals surface area contributed by atoms with Crippen LogP contribution in [0.5, 0.6) is 0 Å². The Hall–Kier alpha value is -1.35. The van der Waals surface area contributed by atoms with Gasteiger partial charge in [-0.2, -0.15) is 0 Å². The maximum Gasteiger partial charge on any atom is 0.309 e. The molecule has 0 radical (unpaired) electrons. The highest BCUT2D eigenvalue weighted by atomic mass is 16.5. The molecule has 3 atom stereocenters. The van der Waals surface area contributed by atoms with Crippen LogP contribution >= 0.6 is 0 Å². The summed E-state index contributed by atoms with van der Waals surface area (Å²) < 4.78 is 4.64. The molecule has 15 heavy (non-hydrogen) atoms. The maximum atomic E-state index is 11.2. The van der Waals surface area contributed by atoms with Crippen LogP contribution in [0.15, 0.2) is 30.3 Å². The minimum Gasteiger partial charge on any atom is -0.469 e. The Labute approximate surface area is 88.7 Å². The quantitative estimate of drug-likeness (QED) is 0.763. The van der Waals surface area contributed by atoms with Crippen molar-refractivity contribution in [2.45, 2.75) is 12.5 Å². The molecule has 0 saturated heterocycles. The third-order valence-corrected chi connectivity index (χ3v) is 2.89. The average Bonchev–Trinajstić information content (AvgIpc) is 3.08. The van der Waals surface area contributed by atoms with Crippen LogP contribution in [0.2, 0.25) is 0 Å². The summed E-state index contributed by atoms with van der Waals surface area (Å²) in [6.07, 6.45) is 0.179. The number of carbonyl (C=O) groups is 1. The van der Waals surface area contributed by atoms with Crippen molar-refractivity contribution in [2.75, 3.05) is 7.11 Å². The first kappa shape index (κ1) is 10.2. The molecule has 1 aliphatic rings. The minimum absolute atomic E-state index is 0.0276. The number of rotatable bonds is 3. The zero-order valence-corrected chi connectivity index (χ0v) is 8.59. The number of carbonyl (C=O) groups excluding carboxylic acids is 1. The van der Waals surface area contributed by atoms with Crippen molar-refractivity contribution in [2.24, 2.45) is 11.8 Å². The maximum absolute atomic E-state index is 11.2. The zero-order chi connectivity index (χ0) is 10.8. The van der Waals surface area contributed by atoms with E-state index in [0.717, 1.165) is 12.0 Å². The Balaban J connectivity index is 2.00. The molecule has 3 heteroatoms. The summed E-state index contributed by atoms with van der Waals surface area (Å²) >= 11 is 0. The van der Waals surface area contributed by atoms with Gasteiger partial charge in [0.15, 0.2) is 0 Å². The van der Waals surface area contributed by atoms with Gasteiger partial charge in [-0.25, -0.2) is 0 Å². The predicted octanol–water partition coefficient (Wildman–Crippen LogP) is 1.53. The molecule has 1 aromatic carbocycles. The Kier molecular flexibility index (Phi) is 2.73. The highest BCUT2D eigenvalue weighted by molar-refractivity contribution is 5.75. The topological polar surface area (TPSA) is 46.5 Å². The van der Waals surface area contributed by atoms with E-state index in [2.05, 4.69) is 4.74 Å². The van der Waals surface area contributed by atoms with E-state index in [1.165, 1.54) is 7.11 Å². The molecular formula is C12H14O3. The highest BCUT2D eigenvalue weighted by Crippen LogP contribution is 2.47. The lowest BCUT2D eigenvalue weighted by Crippen LogP contribution is -2.08. The molecule has 80 valence electrons. The Morgan fingerprint density at radius 1 is 1.47 bits per heavy atom. The van der Waals surface area contributed by atoms with Crippen molar-refractivity contribution in [3.63, 3.8) is 0 Å². The standard InChI is InChI=1S/C12H14O3/c1-15-12(14)10-7-9(10)11(13)8-5-3-2-4-6-8/h2-6,9-11,13H,7H2,1H3. The van der Waals surface area contributed by atoms with Crippen molar-refractivity contribution in [3.05, 3.63) is 35.9 Å². The van der Waals surface area contributed by atoms with Crippen LogP contribution in [0.4, 0.5) is 0 Å². The summed E-state index contributed by atoms with van der Waals surface area (Å²) in [5.74, 6) is -0.306. The van der Waals surface area contributed by atoms with E-state index < -0.39 is 6.10 Å². The second-order valence-corrected chi connectivity index (χ2v) is 3.88. The SMILES string of the molecule is COC(=O)C1CC1C(O)c1ccccc1. The second-order valence-electron chi connectivity index (χ2n) is 3.88. The minimum atomic E-state index is -0.546. The Bertz CT molecular complexity index is 347. The molecular weight excluding hydrogens is 192 g/mol. The highest BCUT2D eigenvalue weighted by Gasteiger charge is 2.48. The van der Waals surface area contributed by atoms with E-state index in [1.807, 2.05) is 30.3 Å². The van der Waals surface area contributed by atoms with Gasteiger partial charge in [0.1, 0.15) is 0 Å². The van der Waals surface area contributed by atoms with E-state index >= 15 is 0 Å². The fourth-order valence-corrected chi connectivity index (χ4v) is 1.88. The first-order valence-electron chi connectivity index (χ1n) is 5.05. The molecule has 0 bridgehead atoms. The lowest BCUT2D eigenvalue weighted by molar-refractivity contribution is -0.142. The molecule has 1 aromatic rings. The molecule has 1 N–H and O–H groups in total. The molecule has 2 rings (SSSR count). The summed E-state index contributed by atoms with van der Waals surface area (Å²) in [4.78, 5) is 11.2. The third-order valence-electron chi connectivity index (χ3n) is 2.89. The van der Waals surface area contributed by atoms with Crippen LogP contribution in [0.1, 0.15) is 18.1 Å². The van der Waals surface area contributed by atoms with Gasteiger partial charge in [-0.3, -0.25) is 4.79 Å². The fourth-order valence-electron chi connectivity index (χ4n) is 1.88. The van der Waals surface area contributed by atoms with Gasteiger partial charge in [0.2, 0.25) is 0 Å². The summed E-state index contributed by atoms with van der Waals surface area (Å²) in [5.41, 5.74) is 0.869. The van der Waals surface area contributed by atoms with Crippen molar-refractivity contribution >= 4 is 5.97 Å². The Morgan fingerprint density at radius 3 is 2.73 bits per heavy atom. The molecule has 0 amide bonds. The van der Waals surface area contributed by atoms with Gasteiger partial charge < -0.3 is 9.84 Å². The van der Waals surface area contributed by atoms with Crippen molar-refractivity contribution in [1.82, 2.24) is 0 Å². The van der Waals surface area contributed by atoms with Crippen LogP contribution < -0.4 is 0 Å². The van der Waals surface area contributed by atoms with Gasteiger partial charge in [-0.05, 0) is 12.0 Å². The number of benzene rings is 1. The number of aliphatic hydroxyl groups is 1. The number of aliphatic hydroxyl groups excluding tert-OH is 1. The number of methoxy groups -OCH3 is 1. The van der Waals surface area contributed by atoms with E-state index in [9.17, 15) is 9.90 Å². The molecule has 1 aliphatic carbocycles. The largest absolute Gasteiger partial charge is 0.469 e. The fraction of sp³-hybridized carbons (Fsp3) is 0.417. The van der Waals surface area contributed by atoms with Crippen molar-refractivity contribution in [3.8, 4) is 0 Å². The second kappa shape index (κ2) is 4.03.